The largest absolute Gasteiger partial charge is 0.573 e. The van der Waals surface area contributed by atoms with Gasteiger partial charge in [-0.3, -0.25) is 20.4 Å². The first-order valence-corrected chi connectivity index (χ1v) is 16.8. The van der Waals surface area contributed by atoms with Crippen LogP contribution >= 0.6 is 0 Å². The highest BCUT2D eigenvalue weighted by Gasteiger charge is 2.63. The lowest BCUT2D eigenvalue weighted by atomic mass is 10.1. The second kappa shape index (κ2) is 12.9. The number of carbonyl (C=O) groups excluding carboxylic acids is 2. The van der Waals surface area contributed by atoms with E-state index < -0.39 is 75.0 Å². The number of ether oxygens (including phenoxy) is 1. The van der Waals surface area contributed by atoms with Crippen molar-refractivity contribution < 1.29 is 53.5 Å². The van der Waals surface area contributed by atoms with E-state index in [0.29, 0.717) is 13.1 Å². The minimum Gasteiger partial charge on any atom is -0.406 e. The molecule has 2 rings (SSSR count). The van der Waals surface area contributed by atoms with E-state index in [1.54, 1.807) is 52.4 Å². The number of alkyl halides is 6. The molecule has 1 aromatic carbocycles. The molecular formula is C26H34F6N4O6SSi. The number of benzene rings is 1. The Balaban J connectivity index is 2.30. The Labute approximate surface area is 251 Å². The zero-order valence-electron chi connectivity index (χ0n) is 24.8. The molecule has 0 fully saturated rings. The number of anilines is 1. The molecular weight excluding hydrogens is 638 g/mol. The smallest absolute Gasteiger partial charge is 0.406 e. The van der Waals surface area contributed by atoms with E-state index in [0.717, 1.165) is 30.3 Å². The van der Waals surface area contributed by atoms with Gasteiger partial charge in [-0.1, -0.05) is 41.5 Å². The van der Waals surface area contributed by atoms with Gasteiger partial charge in [0, 0.05) is 6.20 Å². The lowest BCUT2D eigenvalue weighted by molar-refractivity contribution is -0.274. The molecule has 1 unspecified atom stereocenters. The van der Waals surface area contributed by atoms with E-state index in [1.165, 1.54) is 0 Å². The number of amides is 2. The summed E-state index contributed by atoms with van der Waals surface area (Å²) >= 11 is 0. The predicted molar refractivity (Wildman–Crippen MR) is 149 cm³/mol. The average Bonchev–Trinajstić information content (AvgIpc) is 2.87. The van der Waals surface area contributed by atoms with Crippen LogP contribution in [-0.2, 0) is 19.1 Å². The Bertz CT molecular complexity index is 1450. The van der Waals surface area contributed by atoms with Crippen molar-refractivity contribution in [2.45, 2.75) is 93.0 Å². The molecule has 0 aliphatic rings. The maximum atomic E-state index is 14.4. The van der Waals surface area contributed by atoms with Crippen LogP contribution in [0.4, 0.5) is 32.0 Å². The number of nitrogens with one attached hydrogen (secondary N) is 2. The number of hydrogen-bond acceptors (Lipinski definition) is 8. The molecule has 0 saturated heterocycles. The standard InChI is InChI=1S/C26H34F6N4O6SSi/c1-14(2)44(15(3)4,16(5)6)42-24(7,25(27,28)29)23(38)36-35-22(37)21-20(33)12-19(13-34-21)43(39,40)18-10-8-17(9-11-18)41-26(30,31)32/h8-16H,33H2,1-7H3,(H,35,37)(H,36,38). The van der Waals surface area contributed by atoms with Crippen LogP contribution in [0, 0.1) is 0 Å². The molecule has 1 heterocycles. The third kappa shape index (κ3) is 7.63. The van der Waals surface area contributed by atoms with E-state index in [4.69, 9.17) is 10.2 Å². The number of rotatable bonds is 10. The monoisotopic (exact) mass is 672 g/mol. The first-order chi connectivity index (χ1) is 19.9. The maximum absolute atomic E-state index is 14.4. The molecule has 0 radical (unpaired) electrons. The third-order valence-electron chi connectivity index (χ3n) is 7.14. The molecule has 44 heavy (non-hydrogen) atoms. The summed E-state index contributed by atoms with van der Waals surface area (Å²) in [6.07, 6.45) is -9.46. The summed E-state index contributed by atoms with van der Waals surface area (Å²) in [5.41, 5.74) is 3.88. The molecule has 4 N–H and O–H groups in total. The van der Waals surface area contributed by atoms with Crippen molar-refractivity contribution in [3.63, 3.8) is 0 Å². The van der Waals surface area contributed by atoms with Gasteiger partial charge >= 0.3 is 12.5 Å². The summed E-state index contributed by atoms with van der Waals surface area (Å²) in [7, 11) is -7.65. The highest BCUT2D eigenvalue weighted by molar-refractivity contribution is 7.91. The van der Waals surface area contributed by atoms with Crippen molar-refractivity contribution in [2.24, 2.45) is 0 Å². The zero-order chi connectivity index (χ0) is 34.1. The van der Waals surface area contributed by atoms with Crippen LogP contribution in [0.5, 0.6) is 5.75 Å². The Hall–Kier alpha value is -3.38. The third-order valence-corrected chi connectivity index (χ3v) is 15.0. The van der Waals surface area contributed by atoms with Crippen molar-refractivity contribution in [3.05, 3.63) is 42.2 Å². The van der Waals surface area contributed by atoms with E-state index in [2.05, 4.69) is 9.72 Å². The van der Waals surface area contributed by atoms with Gasteiger partial charge in [0.2, 0.25) is 23.8 Å². The molecule has 0 saturated carbocycles. The summed E-state index contributed by atoms with van der Waals surface area (Å²) in [6, 6.07) is 4.05. The fourth-order valence-electron chi connectivity index (χ4n) is 4.99. The Morgan fingerprint density at radius 2 is 1.39 bits per heavy atom. The van der Waals surface area contributed by atoms with E-state index in [9.17, 15) is 44.3 Å². The molecule has 10 nitrogen and oxygen atoms in total. The van der Waals surface area contributed by atoms with Crippen LogP contribution in [0.3, 0.4) is 0 Å². The number of aromatic nitrogens is 1. The second-order valence-electron chi connectivity index (χ2n) is 11.0. The lowest BCUT2D eigenvalue weighted by Crippen LogP contribution is -2.66. The van der Waals surface area contributed by atoms with E-state index >= 15 is 0 Å². The normalized spacial score (nSPS) is 14.5. The fourth-order valence-corrected chi connectivity index (χ4v) is 11.8. The summed E-state index contributed by atoms with van der Waals surface area (Å²) in [5, 5.41) is 0. The van der Waals surface area contributed by atoms with Gasteiger partial charge in [-0.05, 0) is 53.9 Å². The Kier molecular flexibility index (Phi) is 10.8. The van der Waals surface area contributed by atoms with Gasteiger partial charge in [0.1, 0.15) is 5.75 Å². The molecule has 1 atom stereocenters. The van der Waals surface area contributed by atoms with Crippen LogP contribution in [-0.4, -0.2) is 51.7 Å². The molecule has 18 heteroatoms. The van der Waals surface area contributed by atoms with Gasteiger partial charge in [0.15, 0.2) is 5.69 Å². The molecule has 0 aliphatic heterocycles. The number of nitrogen functional groups attached to an aromatic ring is 1. The number of pyridine rings is 1. The van der Waals surface area contributed by atoms with Crippen LogP contribution in [0.2, 0.25) is 16.6 Å². The second-order valence-corrected chi connectivity index (χ2v) is 18.3. The Morgan fingerprint density at radius 1 is 0.886 bits per heavy atom. The molecule has 0 bridgehead atoms. The van der Waals surface area contributed by atoms with E-state index in [-0.39, 0.29) is 16.6 Å². The highest BCUT2D eigenvalue weighted by Crippen LogP contribution is 2.48. The summed E-state index contributed by atoms with van der Waals surface area (Å²) in [4.78, 5) is 28.3. The van der Waals surface area contributed by atoms with Gasteiger partial charge in [0.25, 0.3) is 11.8 Å². The van der Waals surface area contributed by atoms with Crippen molar-refractivity contribution in [3.8, 4) is 5.75 Å². The quantitative estimate of drug-likeness (QED) is 0.166. The number of nitrogens with two attached hydrogens (primary N) is 1. The minimum atomic E-state index is -5.18. The van der Waals surface area contributed by atoms with Crippen LogP contribution < -0.4 is 21.3 Å². The average molecular weight is 673 g/mol. The molecule has 1 aromatic heterocycles. The molecule has 0 spiro atoms. The lowest BCUT2D eigenvalue weighted by Gasteiger charge is -2.47. The van der Waals surface area contributed by atoms with Crippen LogP contribution in [0.25, 0.3) is 0 Å². The Morgan fingerprint density at radius 3 is 1.80 bits per heavy atom. The highest BCUT2D eigenvalue weighted by atomic mass is 32.2. The van der Waals surface area contributed by atoms with Gasteiger partial charge in [0.05, 0.1) is 15.5 Å². The first-order valence-electron chi connectivity index (χ1n) is 13.1. The van der Waals surface area contributed by atoms with Crippen molar-refractivity contribution >= 4 is 35.7 Å². The SMILES string of the molecule is CC(C)[Si](OC(C)(C(=O)NNC(=O)c1ncc(S(=O)(=O)c2ccc(OC(F)(F)F)cc2)cc1N)C(F)(F)F)(C(C)C)C(C)C. The number of carbonyl (C=O) groups is 2. The number of halogens is 6. The summed E-state index contributed by atoms with van der Waals surface area (Å²) in [5.74, 6) is -3.63. The van der Waals surface area contributed by atoms with Crippen LogP contribution in [0.1, 0.15) is 59.0 Å². The molecule has 2 amide bonds. The molecule has 246 valence electrons. The van der Waals surface area contributed by atoms with Crippen molar-refractivity contribution in [1.29, 1.82) is 0 Å². The van der Waals surface area contributed by atoms with Gasteiger partial charge < -0.3 is 14.9 Å². The minimum absolute atomic E-state index is 0.309. The fraction of sp³-hybridized carbons (Fsp3) is 0.500. The van der Waals surface area contributed by atoms with Gasteiger partial charge in [-0.15, -0.1) is 13.2 Å². The number of sulfone groups is 1. The first kappa shape index (κ1) is 36.8. The van der Waals surface area contributed by atoms with Crippen molar-refractivity contribution in [1.82, 2.24) is 15.8 Å². The maximum Gasteiger partial charge on any atom is 0.573 e. The van der Waals surface area contributed by atoms with Gasteiger partial charge in [-0.2, -0.15) is 13.2 Å². The number of hydrogen-bond donors (Lipinski definition) is 3. The topological polar surface area (TPSA) is 150 Å². The predicted octanol–water partition coefficient (Wildman–Crippen LogP) is 5.67. The summed E-state index contributed by atoms with van der Waals surface area (Å²) in [6.45, 7) is 11.0. The number of nitrogens with zero attached hydrogens (tertiary/aromatic N) is 1. The summed E-state index contributed by atoms with van der Waals surface area (Å²) < 4.78 is 116. The van der Waals surface area contributed by atoms with Crippen molar-refractivity contribution in [2.75, 3.05) is 5.73 Å². The molecule has 2 aromatic rings. The van der Waals surface area contributed by atoms with Crippen LogP contribution in [0.15, 0.2) is 46.3 Å². The number of hydrazine groups is 1. The van der Waals surface area contributed by atoms with Gasteiger partial charge in [-0.25, -0.2) is 13.4 Å². The van der Waals surface area contributed by atoms with E-state index in [1.807, 2.05) is 0 Å². The molecule has 0 aliphatic carbocycles. The zero-order valence-corrected chi connectivity index (χ0v) is 26.7.